The first-order valence-corrected chi connectivity index (χ1v) is 8.16. The van der Waals surface area contributed by atoms with Crippen molar-refractivity contribution in [1.29, 1.82) is 0 Å². The lowest BCUT2D eigenvalue weighted by atomic mass is 9.99. The molecule has 0 aliphatic rings. The van der Waals surface area contributed by atoms with Gasteiger partial charge in [-0.25, -0.2) is 5.43 Å². The molecule has 132 valence electrons. The van der Waals surface area contributed by atoms with E-state index in [0.717, 1.165) is 16.5 Å². The Morgan fingerprint density at radius 3 is 2.54 bits per heavy atom. The number of nitro benzene ring substituents is 1. The fourth-order valence-corrected chi connectivity index (χ4v) is 2.85. The summed E-state index contributed by atoms with van der Waals surface area (Å²) in [6.45, 7) is 4.07. The maximum Gasteiger partial charge on any atom is 0.288 e. The summed E-state index contributed by atoms with van der Waals surface area (Å²) in [5.74, 6) is -0.159. The monoisotopic (exact) mass is 350 g/mol. The number of hydrogen-bond donors (Lipinski definition) is 2. The standard InChI is InChI=1S/C19H18N4O3/c1-12(2)17-15-5-3-4-6-16(15)21-18(17)19(24)22-20-11-13-7-9-14(10-8-13)23(25)26/h3-12,21H,1-2H3,(H,22,24)/b20-11-. The molecular formula is C19H18N4O3. The van der Waals surface area contributed by atoms with Crippen LogP contribution in [-0.2, 0) is 0 Å². The van der Waals surface area contributed by atoms with Crippen molar-refractivity contribution in [1.82, 2.24) is 10.4 Å². The third-order valence-electron chi connectivity index (χ3n) is 4.03. The van der Waals surface area contributed by atoms with E-state index in [4.69, 9.17) is 0 Å². The summed E-state index contributed by atoms with van der Waals surface area (Å²) >= 11 is 0. The molecule has 1 amide bonds. The van der Waals surface area contributed by atoms with Gasteiger partial charge in [-0.05, 0) is 35.2 Å². The van der Waals surface area contributed by atoms with Gasteiger partial charge in [-0.3, -0.25) is 14.9 Å². The lowest BCUT2D eigenvalue weighted by Gasteiger charge is -2.07. The number of nitro groups is 1. The van der Waals surface area contributed by atoms with Crippen LogP contribution in [-0.4, -0.2) is 22.0 Å². The summed E-state index contributed by atoms with van der Waals surface area (Å²) in [5, 5.41) is 15.6. The molecule has 0 radical (unpaired) electrons. The molecule has 2 aromatic carbocycles. The number of rotatable bonds is 5. The van der Waals surface area contributed by atoms with Gasteiger partial charge in [0.1, 0.15) is 5.69 Å². The van der Waals surface area contributed by atoms with Crippen molar-refractivity contribution in [3.8, 4) is 0 Å². The van der Waals surface area contributed by atoms with E-state index in [1.807, 2.05) is 38.1 Å². The second kappa shape index (κ2) is 7.18. The molecule has 2 N–H and O–H groups in total. The van der Waals surface area contributed by atoms with Gasteiger partial charge in [0, 0.05) is 23.0 Å². The molecule has 0 unspecified atom stereocenters. The van der Waals surface area contributed by atoms with Gasteiger partial charge in [0.25, 0.3) is 11.6 Å². The number of fused-ring (bicyclic) bond motifs is 1. The normalized spacial score (nSPS) is 11.3. The molecule has 0 atom stereocenters. The zero-order chi connectivity index (χ0) is 18.7. The van der Waals surface area contributed by atoms with E-state index in [1.165, 1.54) is 18.3 Å². The Morgan fingerprint density at radius 2 is 1.88 bits per heavy atom. The van der Waals surface area contributed by atoms with Crippen LogP contribution in [0.25, 0.3) is 10.9 Å². The van der Waals surface area contributed by atoms with Crippen molar-refractivity contribution in [2.45, 2.75) is 19.8 Å². The maximum atomic E-state index is 12.5. The zero-order valence-corrected chi connectivity index (χ0v) is 14.4. The summed E-state index contributed by atoms with van der Waals surface area (Å²) in [6.07, 6.45) is 1.44. The van der Waals surface area contributed by atoms with Gasteiger partial charge < -0.3 is 4.98 Å². The minimum Gasteiger partial charge on any atom is -0.350 e. The highest BCUT2D eigenvalue weighted by atomic mass is 16.6. The number of carbonyl (C=O) groups excluding carboxylic acids is 1. The van der Waals surface area contributed by atoms with E-state index in [0.29, 0.717) is 11.3 Å². The quantitative estimate of drug-likeness (QED) is 0.414. The Hall–Kier alpha value is -3.48. The topological polar surface area (TPSA) is 100 Å². The molecule has 0 bridgehead atoms. The van der Waals surface area contributed by atoms with Crippen molar-refractivity contribution >= 4 is 28.7 Å². The number of nitrogens with one attached hydrogen (secondary N) is 2. The highest BCUT2D eigenvalue weighted by molar-refractivity contribution is 6.01. The van der Waals surface area contributed by atoms with E-state index >= 15 is 0 Å². The SMILES string of the molecule is CC(C)c1c(C(=O)N/N=C\c2ccc([N+](=O)[O-])cc2)[nH]c2ccccc12. The van der Waals surface area contributed by atoms with Crippen LogP contribution in [0.15, 0.2) is 53.6 Å². The molecule has 7 heteroatoms. The Morgan fingerprint density at radius 1 is 1.19 bits per heavy atom. The van der Waals surface area contributed by atoms with E-state index in [2.05, 4.69) is 15.5 Å². The van der Waals surface area contributed by atoms with Crippen LogP contribution in [0.3, 0.4) is 0 Å². The smallest absolute Gasteiger partial charge is 0.288 e. The average molecular weight is 350 g/mol. The molecule has 3 rings (SSSR count). The number of hydrogen-bond acceptors (Lipinski definition) is 4. The van der Waals surface area contributed by atoms with Gasteiger partial charge in [0.2, 0.25) is 0 Å². The third kappa shape index (κ3) is 3.46. The molecular weight excluding hydrogens is 332 g/mol. The molecule has 1 heterocycles. The Kier molecular flexibility index (Phi) is 4.79. The van der Waals surface area contributed by atoms with Crippen LogP contribution in [0.1, 0.15) is 41.4 Å². The van der Waals surface area contributed by atoms with Gasteiger partial charge in [0.05, 0.1) is 11.1 Å². The van der Waals surface area contributed by atoms with Gasteiger partial charge in [0.15, 0.2) is 0 Å². The van der Waals surface area contributed by atoms with Crippen molar-refractivity contribution in [2.75, 3.05) is 0 Å². The van der Waals surface area contributed by atoms with Crippen LogP contribution in [0, 0.1) is 10.1 Å². The fourth-order valence-electron chi connectivity index (χ4n) is 2.85. The molecule has 0 aliphatic heterocycles. The van der Waals surface area contributed by atoms with Crippen LogP contribution in [0.4, 0.5) is 5.69 Å². The second-order valence-corrected chi connectivity index (χ2v) is 6.16. The number of carbonyl (C=O) groups is 1. The van der Waals surface area contributed by atoms with Crippen LogP contribution in [0.2, 0.25) is 0 Å². The number of nitrogens with zero attached hydrogens (tertiary/aromatic N) is 2. The van der Waals surface area contributed by atoms with Crippen molar-refractivity contribution < 1.29 is 9.72 Å². The first kappa shape index (κ1) is 17.3. The van der Waals surface area contributed by atoms with Crippen molar-refractivity contribution in [3.05, 3.63) is 75.5 Å². The highest BCUT2D eigenvalue weighted by Gasteiger charge is 2.19. The lowest BCUT2D eigenvalue weighted by Crippen LogP contribution is -2.19. The molecule has 3 aromatic rings. The average Bonchev–Trinajstić information content (AvgIpc) is 3.02. The van der Waals surface area contributed by atoms with Gasteiger partial charge in [-0.2, -0.15) is 5.10 Å². The Balaban J connectivity index is 1.79. The maximum absolute atomic E-state index is 12.5. The molecule has 1 aromatic heterocycles. The predicted octanol–water partition coefficient (Wildman–Crippen LogP) is 3.96. The number of benzene rings is 2. The predicted molar refractivity (Wildman–Crippen MR) is 101 cm³/mol. The van der Waals surface area contributed by atoms with Gasteiger partial charge >= 0.3 is 0 Å². The van der Waals surface area contributed by atoms with Gasteiger partial charge in [-0.1, -0.05) is 32.0 Å². The first-order valence-electron chi connectivity index (χ1n) is 8.16. The van der Waals surface area contributed by atoms with Crippen molar-refractivity contribution in [2.24, 2.45) is 5.10 Å². The first-order chi connectivity index (χ1) is 12.5. The summed E-state index contributed by atoms with van der Waals surface area (Å²) in [4.78, 5) is 25.9. The van der Waals surface area contributed by atoms with E-state index in [9.17, 15) is 14.9 Å². The van der Waals surface area contributed by atoms with Gasteiger partial charge in [-0.15, -0.1) is 0 Å². The molecule has 0 aliphatic carbocycles. The minimum atomic E-state index is -0.466. The second-order valence-electron chi connectivity index (χ2n) is 6.16. The minimum absolute atomic E-state index is 0.00540. The fraction of sp³-hybridized carbons (Fsp3) is 0.158. The molecule has 0 saturated carbocycles. The summed E-state index contributed by atoms with van der Waals surface area (Å²) in [6, 6.07) is 13.7. The third-order valence-corrected chi connectivity index (χ3v) is 4.03. The molecule has 26 heavy (non-hydrogen) atoms. The molecule has 0 fully saturated rings. The summed E-state index contributed by atoms with van der Waals surface area (Å²) in [7, 11) is 0. The van der Waals surface area contributed by atoms with E-state index in [1.54, 1.807) is 12.1 Å². The summed E-state index contributed by atoms with van der Waals surface area (Å²) < 4.78 is 0. The summed E-state index contributed by atoms with van der Waals surface area (Å²) in [5.41, 5.74) is 5.50. The number of non-ortho nitro benzene ring substituents is 1. The Bertz CT molecular complexity index is 988. The Labute approximate surface area is 149 Å². The molecule has 7 nitrogen and oxygen atoms in total. The van der Waals surface area contributed by atoms with Crippen molar-refractivity contribution in [3.63, 3.8) is 0 Å². The zero-order valence-electron chi connectivity index (χ0n) is 14.4. The number of aromatic amines is 1. The largest absolute Gasteiger partial charge is 0.350 e. The molecule has 0 spiro atoms. The van der Waals surface area contributed by atoms with E-state index < -0.39 is 4.92 Å². The van der Waals surface area contributed by atoms with E-state index in [-0.39, 0.29) is 17.5 Å². The molecule has 0 saturated heterocycles. The number of aromatic nitrogens is 1. The van der Waals surface area contributed by atoms with Crippen LogP contribution >= 0.6 is 0 Å². The number of para-hydroxylation sites is 1. The lowest BCUT2D eigenvalue weighted by molar-refractivity contribution is -0.384. The van der Waals surface area contributed by atoms with Crippen LogP contribution in [0.5, 0.6) is 0 Å². The van der Waals surface area contributed by atoms with Crippen LogP contribution < -0.4 is 5.43 Å². The number of amides is 1. The highest BCUT2D eigenvalue weighted by Crippen LogP contribution is 2.29. The number of hydrazone groups is 1. The number of H-pyrrole nitrogens is 1.